The number of hydrogen-bond donors (Lipinski definition) is 1. The molecule has 2 atom stereocenters. The highest BCUT2D eigenvalue weighted by molar-refractivity contribution is 9.10. The number of thiophene rings is 1. The standard InChI is InChI=1S/C14H15BrClNOS/c1-8-5-6-19-14(8)13(9(2)17)18-12-4-3-10(15)7-11(12)16/h3-7,9,13H,17H2,1-2H3. The Balaban J connectivity index is 2.29. The molecule has 5 heteroatoms. The van der Waals surface area contributed by atoms with E-state index in [2.05, 4.69) is 28.9 Å². The van der Waals surface area contributed by atoms with Gasteiger partial charge in [-0.05, 0) is 49.1 Å². The van der Waals surface area contributed by atoms with Crippen LogP contribution in [0.5, 0.6) is 5.75 Å². The average molecular weight is 361 g/mol. The molecule has 0 radical (unpaired) electrons. The minimum atomic E-state index is -0.182. The van der Waals surface area contributed by atoms with Crippen LogP contribution in [0.25, 0.3) is 0 Å². The highest BCUT2D eigenvalue weighted by Crippen LogP contribution is 2.35. The molecule has 2 rings (SSSR count). The van der Waals surface area contributed by atoms with Gasteiger partial charge in [-0.15, -0.1) is 11.3 Å². The van der Waals surface area contributed by atoms with E-state index in [1.807, 2.05) is 30.5 Å². The zero-order valence-corrected chi connectivity index (χ0v) is 13.8. The van der Waals surface area contributed by atoms with E-state index >= 15 is 0 Å². The Morgan fingerprint density at radius 2 is 2.11 bits per heavy atom. The lowest BCUT2D eigenvalue weighted by atomic mass is 10.1. The fourth-order valence-corrected chi connectivity index (χ4v) is 3.57. The predicted octanol–water partition coefficient (Wildman–Crippen LogP) is 4.94. The van der Waals surface area contributed by atoms with Gasteiger partial charge in [-0.3, -0.25) is 0 Å². The van der Waals surface area contributed by atoms with Crippen molar-refractivity contribution in [3.8, 4) is 5.75 Å². The number of aryl methyl sites for hydroxylation is 1. The van der Waals surface area contributed by atoms with E-state index in [-0.39, 0.29) is 12.1 Å². The summed E-state index contributed by atoms with van der Waals surface area (Å²) in [5.41, 5.74) is 7.25. The van der Waals surface area contributed by atoms with Crippen LogP contribution in [0.2, 0.25) is 5.02 Å². The molecule has 0 bridgehead atoms. The Hall–Kier alpha value is -0.550. The largest absolute Gasteiger partial charge is 0.482 e. The molecule has 19 heavy (non-hydrogen) atoms. The molecule has 2 nitrogen and oxygen atoms in total. The lowest BCUT2D eigenvalue weighted by Gasteiger charge is -2.23. The van der Waals surface area contributed by atoms with Crippen LogP contribution in [0.3, 0.4) is 0 Å². The Labute approximate surface area is 130 Å². The van der Waals surface area contributed by atoms with Gasteiger partial charge in [0, 0.05) is 15.4 Å². The van der Waals surface area contributed by atoms with Crippen molar-refractivity contribution in [1.82, 2.24) is 0 Å². The van der Waals surface area contributed by atoms with Crippen LogP contribution >= 0.6 is 38.9 Å². The molecule has 0 fully saturated rings. The maximum Gasteiger partial charge on any atom is 0.148 e. The maximum atomic E-state index is 6.19. The first-order chi connectivity index (χ1) is 8.99. The molecule has 0 amide bonds. The molecule has 0 spiro atoms. The minimum Gasteiger partial charge on any atom is -0.482 e. The number of ether oxygens (including phenoxy) is 1. The average Bonchev–Trinajstić information content (AvgIpc) is 2.74. The van der Waals surface area contributed by atoms with Gasteiger partial charge >= 0.3 is 0 Å². The van der Waals surface area contributed by atoms with Crippen molar-refractivity contribution in [2.45, 2.75) is 26.0 Å². The normalized spacial score (nSPS) is 14.2. The van der Waals surface area contributed by atoms with Crippen LogP contribution in [0.15, 0.2) is 34.1 Å². The van der Waals surface area contributed by atoms with Crippen LogP contribution in [-0.4, -0.2) is 6.04 Å². The van der Waals surface area contributed by atoms with Crippen molar-refractivity contribution < 1.29 is 4.74 Å². The van der Waals surface area contributed by atoms with Crippen LogP contribution in [0, 0.1) is 6.92 Å². The fraction of sp³-hybridized carbons (Fsp3) is 0.286. The third kappa shape index (κ3) is 3.51. The highest BCUT2D eigenvalue weighted by Gasteiger charge is 2.22. The van der Waals surface area contributed by atoms with E-state index in [1.165, 1.54) is 5.56 Å². The van der Waals surface area contributed by atoms with E-state index in [0.29, 0.717) is 10.8 Å². The molecule has 1 aromatic heterocycles. The quantitative estimate of drug-likeness (QED) is 0.838. The van der Waals surface area contributed by atoms with Crippen molar-refractivity contribution in [3.05, 3.63) is 49.6 Å². The van der Waals surface area contributed by atoms with Crippen molar-refractivity contribution in [1.29, 1.82) is 0 Å². The summed E-state index contributed by atoms with van der Waals surface area (Å²) in [5.74, 6) is 0.653. The maximum absolute atomic E-state index is 6.19. The lowest BCUT2D eigenvalue weighted by molar-refractivity contribution is 0.183. The van der Waals surface area contributed by atoms with E-state index in [4.69, 9.17) is 22.1 Å². The van der Waals surface area contributed by atoms with Crippen LogP contribution < -0.4 is 10.5 Å². The first-order valence-corrected chi connectivity index (χ1v) is 7.95. The second-order valence-corrected chi connectivity index (χ2v) is 6.71. The molecular weight excluding hydrogens is 346 g/mol. The fourth-order valence-electron chi connectivity index (χ4n) is 1.78. The number of halogens is 2. The zero-order valence-electron chi connectivity index (χ0n) is 10.7. The summed E-state index contributed by atoms with van der Waals surface area (Å²) in [6.45, 7) is 4.00. The lowest BCUT2D eigenvalue weighted by Crippen LogP contribution is -2.28. The summed E-state index contributed by atoms with van der Waals surface area (Å²) in [7, 11) is 0. The third-order valence-corrected chi connectivity index (χ3v) is 4.65. The van der Waals surface area contributed by atoms with Gasteiger partial charge in [-0.1, -0.05) is 27.5 Å². The smallest absolute Gasteiger partial charge is 0.148 e. The molecule has 2 aromatic rings. The summed E-state index contributed by atoms with van der Waals surface area (Å²) in [6.07, 6.45) is -0.182. The number of rotatable bonds is 4. The van der Waals surface area contributed by atoms with Crippen LogP contribution in [0.4, 0.5) is 0 Å². The van der Waals surface area contributed by atoms with Crippen LogP contribution in [-0.2, 0) is 0 Å². The Kier molecular flexibility index (Phi) is 4.90. The van der Waals surface area contributed by atoms with Crippen molar-refractivity contribution in [3.63, 3.8) is 0 Å². The van der Waals surface area contributed by atoms with E-state index in [9.17, 15) is 0 Å². The molecule has 0 saturated heterocycles. The summed E-state index contributed by atoms with van der Waals surface area (Å²) in [4.78, 5) is 1.15. The molecule has 1 heterocycles. The zero-order chi connectivity index (χ0) is 14.0. The number of nitrogens with two attached hydrogens (primary N) is 1. The first-order valence-electron chi connectivity index (χ1n) is 5.90. The third-order valence-electron chi connectivity index (χ3n) is 2.79. The van der Waals surface area contributed by atoms with E-state index in [1.54, 1.807) is 11.3 Å². The van der Waals surface area contributed by atoms with Gasteiger partial charge in [0.1, 0.15) is 11.9 Å². The molecule has 2 N–H and O–H groups in total. The van der Waals surface area contributed by atoms with Gasteiger partial charge in [0.25, 0.3) is 0 Å². The predicted molar refractivity (Wildman–Crippen MR) is 85.2 cm³/mol. The van der Waals surface area contributed by atoms with Crippen molar-refractivity contribution in [2.24, 2.45) is 5.73 Å². The summed E-state index contributed by atoms with van der Waals surface area (Å²) in [5, 5.41) is 2.63. The highest BCUT2D eigenvalue weighted by atomic mass is 79.9. The second-order valence-electron chi connectivity index (χ2n) is 4.44. The molecule has 102 valence electrons. The molecule has 2 unspecified atom stereocenters. The summed E-state index contributed by atoms with van der Waals surface area (Å²) >= 11 is 11.2. The molecule has 0 aliphatic heterocycles. The van der Waals surface area contributed by atoms with Gasteiger partial charge in [0.15, 0.2) is 0 Å². The minimum absolute atomic E-state index is 0.114. The van der Waals surface area contributed by atoms with Gasteiger partial charge < -0.3 is 10.5 Å². The molecular formula is C14H15BrClNOS. The topological polar surface area (TPSA) is 35.2 Å². The van der Waals surface area contributed by atoms with Gasteiger partial charge in [-0.25, -0.2) is 0 Å². The second kappa shape index (κ2) is 6.27. The van der Waals surface area contributed by atoms with Gasteiger partial charge in [-0.2, -0.15) is 0 Å². The molecule has 1 aromatic carbocycles. The summed E-state index contributed by atoms with van der Waals surface area (Å²) in [6, 6.07) is 7.53. The molecule has 0 aliphatic carbocycles. The Bertz CT molecular complexity index is 570. The summed E-state index contributed by atoms with van der Waals surface area (Å²) < 4.78 is 6.95. The Morgan fingerprint density at radius 3 is 2.63 bits per heavy atom. The molecule has 0 aliphatic rings. The van der Waals surface area contributed by atoms with Crippen molar-refractivity contribution >= 4 is 38.9 Å². The van der Waals surface area contributed by atoms with Crippen LogP contribution in [0.1, 0.15) is 23.5 Å². The SMILES string of the molecule is Cc1ccsc1C(Oc1ccc(Br)cc1Cl)C(C)N. The number of hydrogen-bond acceptors (Lipinski definition) is 3. The van der Waals surface area contributed by atoms with Gasteiger partial charge in [0.05, 0.1) is 5.02 Å². The first kappa shape index (κ1) is 14.9. The Morgan fingerprint density at radius 1 is 1.37 bits per heavy atom. The van der Waals surface area contributed by atoms with E-state index in [0.717, 1.165) is 9.35 Å². The van der Waals surface area contributed by atoms with E-state index < -0.39 is 0 Å². The van der Waals surface area contributed by atoms with Gasteiger partial charge in [0.2, 0.25) is 0 Å². The van der Waals surface area contributed by atoms with Crippen molar-refractivity contribution in [2.75, 3.05) is 0 Å². The monoisotopic (exact) mass is 359 g/mol. The molecule has 0 saturated carbocycles. The number of benzene rings is 1.